The first-order valence-electron chi connectivity index (χ1n) is 9.28. The lowest BCUT2D eigenvalue weighted by molar-refractivity contribution is -0.114. The lowest BCUT2D eigenvalue weighted by Crippen LogP contribution is -2.37. The number of fused-ring (bicyclic) bond motifs is 3. The number of hydrogen-bond acceptors (Lipinski definition) is 5. The molecule has 6 nitrogen and oxygen atoms in total. The number of halogens is 3. The van der Waals surface area contributed by atoms with E-state index in [1.54, 1.807) is 29.2 Å². The van der Waals surface area contributed by atoms with Gasteiger partial charge in [-0.15, -0.1) is 0 Å². The molecule has 0 aliphatic carbocycles. The molecule has 0 saturated heterocycles. The van der Waals surface area contributed by atoms with Crippen LogP contribution in [0.5, 0.6) is 5.75 Å². The van der Waals surface area contributed by atoms with Gasteiger partial charge >= 0.3 is 0 Å². The van der Waals surface area contributed by atoms with Crippen LogP contribution in [-0.2, 0) is 4.79 Å². The number of nitrogens with zero attached hydrogens (tertiary/aromatic N) is 3. The average Bonchev–Trinajstić information content (AvgIpc) is 2.78. The fraction of sp³-hybridized carbons (Fsp3) is 0.136. The minimum Gasteiger partial charge on any atom is -0.489 e. The van der Waals surface area contributed by atoms with E-state index < -0.39 is 5.82 Å². The highest BCUT2D eigenvalue weighted by Crippen LogP contribution is 2.39. The summed E-state index contributed by atoms with van der Waals surface area (Å²) in [5.74, 6) is 0.0611. The van der Waals surface area contributed by atoms with Crippen LogP contribution in [0.4, 0.5) is 21.6 Å². The number of carbonyl (C=O) groups is 1. The van der Waals surface area contributed by atoms with Crippen LogP contribution in [0.25, 0.3) is 10.9 Å². The largest absolute Gasteiger partial charge is 0.489 e. The van der Waals surface area contributed by atoms with Crippen molar-refractivity contribution in [3.63, 3.8) is 0 Å². The Morgan fingerprint density at radius 3 is 2.97 bits per heavy atom. The third-order valence-corrected chi connectivity index (χ3v) is 5.35. The van der Waals surface area contributed by atoms with E-state index in [1.807, 2.05) is 0 Å². The average molecular weight is 502 g/mol. The van der Waals surface area contributed by atoms with Gasteiger partial charge in [0, 0.05) is 22.5 Å². The van der Waals surface area contributed by atoms with E-state index in [0.29, 0.717) is 52.1 Å². The number of benzene rings is 2. The van der Waals surface area contributed by atoms with E-state index in [4.69, 9.17) is 16.3 Å². The van der Waals surface area contributed by atoms with Gasteiger partial charge in [-0.1, -0.05) is 33.6 Å². The minimum absolute atomic E-state index is 0.0505. The van der Waals surface area contributed by atoms with Crippen LogP contribution in [0.15, 0.2) is 48.6 Å². The molecule has 0 saturated carbocycles. The topological polar surface area (TPSA) is 78.3 Å². The number of ether oxygens (including phenoxy) is 1. The van der Waals surface area contributed by atoms with Gasteiger partial charge in [0.2, 0.25) is 0 Å². The van der Waals surface area contributed by atoms with Crippen molar-refractivity contribution in [3.05, 3.63) is 65.0 Å². The highest BCUT2D eigenvalue weighted by molar-refractivity contribution is 9.09. The van der Waals surface area contributed by atoms with Crippen molar-refractivity contribution in [3.8, 4) is 11.8 Å². The molecule has 0 fully saturated rings. The van der Waals surface area contributed by atoms with E-state index in [9.17, 15) is 14.4 Å². The van der Waals surface area contributed by atoms with Crippen LogP contribution >= 0.6 is 27.5 Å². The van der Waals surface area contributed by atoms with Gasteiger partial charge in [-0.3, -0.25) is 4.79 Å². The Hall–Kier alpha value is -3.15. The lowest BCUT2D eigenvalue weighted by Gasteiger charge is -2.29. The van der Waals surface area contributed by atoms with Crippen molar-refractivity contribution >= 4 is 61.5 Å². The first-order valence-corrected chi connectivity index (χ1v) is 10.8. The molecule has 3 aromatic rings. The predicted molar refractivity (Wildman–Crippen MR) is 122 cm³/mol. The third-order valence-electron chi connectivity index (χ3n) is 4.68. The number of anilines is 3. The molecule has 0 atom stereocenters. The molecule has 1 aliphatic rings. The number of rotatable bonds is 4. The summed E-state index contributed by atoms with van der Waals surface area (Å²) in [5, 5.41) is 13.8. The SMILES string of the molecule is N#Cc1cc2ccc3c(c2nc1Nc1ccc(F)c(Cl)c1)N(C(=O)/C=C/CBr)CCO3. The van der Waals surface area contributed by atoms with Gasteiger partial charge in [-0.05, 0) is 36.4 Å². The van der Waals surface area contributed by atoms with Crippen molar-refractivity contribution < 1.29 is 13.9 Å². The maximum Gasteiger partial charge on any atom is 0.250 e. The molecular weight excluding hydrogens is 487 g/mol. The summed E-state index contributed by atoms with van der Waals surface area (Å²) in [7, 11) is 0. The van der Waals surface area contributed by atoms with Crippen LogP contribution in [-0.4, -0.2) is 29.4 Å². The predicted octanol–water partition coefficient (Wildman–Crippen LogP) is 5.32. The van der Waals surface area contributed by atoms with Gasteiger partial charge in [0.25, 0.3) is 5.91 Å². The van der Waals surface area contributed by atoms with E-state index in [0.717, 1.165) is 0 Å². The molecule has 9 heteroatoms. The second-order valence-corrected chi connectivity index (χ2v) is 7.68. The van der Waals surface area contributed by atoms with Gasteiger partial charge in [-0.25, -0.2) is 9.37 Å². The zero-order valence-corrected chi connectivity index (χ0v) is 18.4. The summed E-state index contributed by atoms with van der Waals surface area (Å²) in [4.78, 5) is 19.0. The van der Waals surface area contributed by atoms with Gasteiger partial charge in [0.15, 0.2) is 0 Å². The van der Waals surface area contributed by atoms with Gasteiger partial charge in [0.05, 0.1) is 17.1 Å². The Labute approximate surface area is 191 Å². The quantitative estimate of drug-likeness (QED) is 0.387. The maximum atomic E-state index is 13.5. The molecule has 4 rings (SSSR count). The van der Waals surface area contributed by atoms with Crippen LogP contribution < -0.4 is 15.0 Å². The van der Waals surface area contributed by atoms with Crippen LogP contribution in [0.3, 0.4) is 0 Å². The first-order chi connectivity index (χ1) is 15.0. The second kappa shape index (κ2) is 8.92. The molecule has 31 heavy (non-hydrogen) atoms. The molecule has 1 aromatic heterocycles. The Morgan fingerprint density at radius 2 is 2.23 bits per heavy atom. The third kappa shape index (κ3) is 4.20. The summed E-state index contributed by atoms with van der Waals surface area (Å²) in [6, 6.07) is 11.5. The van der Waals surface area contributed by atoms with Crippen molar-refractivity contribution in [1.82, 2.24) is 4.98 Å². The van der Waals surface area contributed by atoms with Gasteiger partial charge in [-0.2, -0.15) is 5.26 Å². The first kappa shape index (κ1) is 21.1. The molecule has 0 radical (unpaired) electrons. The fourth-order valence-electron chi connectivity index (χ4n) is 3.29. The zero-order valence-electron chi connectivity index (χ0n) is 16.0. The number of hydrogen-bond donors (Lipinski definition) is 1. The van der Waals surface area contributed by atoms with Crippen LogP contribution in [0.1, 0.15) is 5.56 Å². The lowest BCUT2D eigenvalue weighted by atomic mass is 10.1. The number of nitriles is 1. The molecule has 2 aromatic carbocycles. The Bertz CT molecular complexity index is 1260. The number of amides is 1. The highest BCUT2D eigenvalue weighted by atomic mass is 79.9. The van der Waals surface area contributed by atoms with Crippen LogP contribution in [0, 0.1) is 17.1 Å². The summed E-state index contributed by atoms with van der Waals surface area (Å²) >= 11 is 9.14. The van der Waals surface area contributed by atoms with Crippen LogP contribution in [0.2, 0.25) is 5.02 Å². The molecule has 2 heterocycles. The minimum atomic E-state index is -0.545. The maximum absolute atomic E-state index is 13.5. The molecule has 1 aliphatic heterocycles. The monoisotopic (exact) mass is 500 g/mol. The Morgan fingerprint density at radius 1 is 1.39 bits per heavy atom. The molecular formula is C22H15BrClFN4O2. The number of pyridine rings is 1. The Kier molecular flexibility index (Phi) is 6.07. The summed E-state index contributed by atoms with van der Waals surface area (Å²) < 4.78 is 19.2. The van der Waals surface area contributed by atoms with E-state index in [-0.39, 0.29) is 16.7 Å². The molecule has 156 valence electrons. The smallest absolute Gasteiger partial charge is 0.250 e. The number of allylic oxidation sites excluding steroid dienone is 1. The van der Waals surface area contributed by atoms with Gasteiger partial charge in [0.1, 0.15) is 41.3 Å². The molecule has 0 spiro atoms. The molecule has 0 bridgehead atoms. The summed E-state index contributed by atoms with van der Waals surface area (Å²) in [6.07, 6.45) is 3.21. The number of carbonyl (C=O) groups excluding carboxylic acids is 1. The zero-order chi connectivity index (χ0) is 22.0. The molecule has 1 amide bonds. The van der Waals surface area contributed by atoms with Crippen molar-refractivity contribution in [2.24, 2.45) is 0 Å². The summed E-state index contributed by atoms with van der Waals surface area (Å²) in [6.45, 7) is 0.734. The molecule has 1 N–H and O–H groups in total. The normalized spacial score (nSPS) is 13.0. The Balaban J connectivity index is 1.85. The number of aromatic nitrogens is 1. The number of alkyl halides is 1. The molecule has 0 unspecified atom stereocenters. The summed E-state index contributed by atoms with van der Waals surface area (Å²) in [5.41, 5.74) is 1.82. The van der Waals surface area contributed by atoms with E-state index in [2.05, 4.69) is 32.3 Å². The highest BCUT2D eigenvalue weighted by Gasteiger charge is 2.26. The van der Waals surface area contributed by atoms with E-state index in [1.165, 1.54) is 24.3 Å². The van der Waals surface area contributed by atoms with Crippen molar-refractivity contribution in [1.29, 1.82) is 5.26 Å². The van der Waals surface area contributed by atoms with Crippen molar-refractivity contribution in [2.45, 2.75) is 0 Å². The van der Waals surface area contributed by atoms with Gasteiger partial charge < -0.3 is 15.0 Å². The standard InChI is InChI=1S/C22H15BrClFN4O2/c23-7-1-2-19(30)29-8-9-31-18-6-3-13-10-14(12-26)22(28-20(13)21(18)29)27-15-4-5-17(25)16(24)11-15/h1-6,10-11H,7-9H2,(H,27,28)/b2-1+. The van der Waals surface area contributed by atoms with Crippen molar-refractivity contribution in [2.75, 3.05) is 28.7 Å². The fourth-order valence-corrected chi connectivity index (χ4v) is 3.66. The van der Waals surface area contributed by atoms with E-state index >= 15 is 0 Å². The second-order valence-electron chi connectivity index (χ2n) is 6.63. The number of nitrogens with one attached hydrogen (secondary N) is 1.